The fraction of sp³-hybridized carbons (Fsp3) is 0.526. The first-order valence-corrected chi connectivity index (χ1v) is 17.7. The molecule has 0 aliphatic carbocycles. The van der Waals surface area contributed by atoms with E-state index in [1.165, 1.54) is 0 Å². The van der Waals surface area contributed by atoms with Crippen molar-refractivity contribution in [1.29, 1.82) is 0 Å². The highest BCUT2D eigenvalue weighted by Crippen LogP contribution is 2.30. The zero-order valence-electron chi connectivity index (χ0n) is 30.7. The number of Topliss-reactive ketones (excluding diaryl/α,β-unsaturated/α-hetero) is 2. The van der Waals surface area contributed by atoms with E-state index in [1.807, 2.05) is 65.8 Å². The Kier molecular flexibility index (Phi) is 13.1. The molecule has 0 aliphatic heterocycles. The molecular weight excluding hydrogens is 636 g/mol. The number of benzene rings is 2. The molecule has 4 aromatic rings. The summed E-state index contributed by atoms with van der Waals surface area (Å²) >= 11 is 0. The summed E-state index contributed by atoms with van der Waals surface area (Å²) in [5.74, 6) is 0.358. The van der Waals surface area contributed by atoms with Gasteiger partial charge in [-0.2, -0.15) is 10.2 Å². The maximum atomic E-state index is 13.3. The summed E-state index contributed by atoms with van der Waals surface area (Å²) in [6.07, 6.45) is 4.33. The van der Waals surface area contributed by atoms with Gasteiger partial charge in [0.25, 0.3) is 0 Å². The highest BCUT2D eigenvalue weighted by molar-refractivity contribution is 6.08. The zero-order chi connectivity index (χ0) is 36.5. The van der Waals surface area contributed by atoms with Crippen molar-refractivity contribution in [3.05, 3.63) is 47.8 Å². The molecule has 2 atom stereocenters. The summed E-state index contributed by atoms with van der Waals surface area (Å²) in [6.45, 7) is 12.2. The normalized spacial score (nSPS) is 12.8. The molecule has 0 saturated heterocycles. The van der Waals surface area contributed by atoms with Gasteiger partial charge < -0.3 is 20.1 Å². The zero-order valence-corrected chi connectivity index (χ0v) is 30.7. The van der Waals surface area contributed by atoms with Crippen LogP contribution in [0.15, 0.2) is 36.4 Å². The van der Waals surface area contributed by atoms with Crippen molar-refractivity contribution in [3.63, 3.8) is 0 Å². The van der Waals surface area contributed by atoms with Gasteiger partial charge in [-0.15, -0.1) is 0 Å². The number of ether oxygens (including phenoxy) is 2. The van der Waals surface area contributed by atoms with Gasteiger partial charge in [0, 0.05) is 47.8 Å². The van der Waals surface area contributed by atoms with Crippen molar-refractivity contribution < 1.29 is 28.7 Å². The molecule has 270 valence electrons. The average Bonchev–Trinajstić information content (AvgIpc) is 3.67. The molecule has 0 saturated carbocycles. The number of aromatic nitrogens is 4. The highest BCUT2D eigenvalue weighted by atomic mass is 16.5. The first kappa shape index (κ1) is 38.1. The number of unbranched alkanes of at least 4 members (excludes halogenated alkanes) is 3. The number of carbonyl (C=O) groups excluding carboxylic acids is 4. The average molecular weight is 689 g/mol. The first-order chi connectivity index (χ1) is 24.0. The monoisotopic (exact) mass is 688 g/mol. The Balaban J connectivity index is 1.29. The summed E-state index contributed by atoms with van der Waals surface area (Å²) in [4.78, 5) is 52.5. The molecule has 2 N–H and O–H groups in total. The summed E-state index contributed by atoms with van der Waals surface area (Å²) < 4.78 is 14.1. The van der Waals surface area contributed by atoms with Gasteiger partial charge in [0.1, 0.15) is 35.0 Å². The number of nitrogens with zero attached hydrogens (tertiary/aromatic N) is 4. The Labute approximate surface area is 294 Å². The van der Waals surface area contributed by atoms with Gasteiger partial charge in [-0.1, -0.05) is 54.4 Å². The molecule has 50 heavy (non-hydrogen) atoms. The molecule has 2 amide bonds. The van der Waals surface area contributed by atoms with Crippen LogP contribution in [0.2, 0.25) is 0 Å². The van der Waals surface area contributed by atoms with Gasteiger partial charge in [-0.25, -0.2) is 0 Å². The second-order valence-electron chi connectivity index (χ2n) is 13.2. The van der Waals surface area contributed by atoms with Crippen LogP contribution in [0.5, 0.6) is 11.5 Å². The van der Waals surface area contributed by atoms with Crippen LogP contribution in [-0.2, 0) is 9.59 Å². The third kappa shape index (κ3) is 8.34. The lowest BCUT2D eigenvalue weighted by molar-refractivity contribution is -0.125. The third-order valence-corrected chi connectivity index (χ3v) is 9.02. The minimum absolute atomic E-state index is 0.0709. The lowest BCUT2D eigenvalue weighted by Gasteiger charge is -2.17. The molecule has 4 rings (SSSR count). The van der Waals surface area contributed by atoms with E-state index in [9.17, 15) is 19.2 Å². The molecule has 2 aromatic carbocycles. The second kappa shape index (κ2) is 17.3. The van der Waals surface area contributed by atoms with E-state index < -0.39 is 12.1 Å². The number of nitrogens with one attached hydrogen (secondary N) is 2. The highest BCUT2D eigenvalue weighted by Gasteiger charge is 2.28. The van der Waals surface area contributed by atoms with Crippen molar-refractivity contribution in [2.45, 2.75) is 92.2 Å². The molecule has 0 spiro atoms. The largest absolute Gasteiger partial charge is 0.497 e. The number of fused-ring (bicyclic) bond motifs is 2. The Morgan fingerprint density at radius 3 is 1.34 bits per heavy atom. The van der Waals surface area contributed by atoms with Crippen molar-refractivity contribution in [2.75, 3.05) is 27.3 Å². The molecular formula is C38H52N6O6. The van der Waals surface area contributed by atoms with Gasteiger partial charge in [0.05, 0.1) is 25.3 Å². The van der Waals surface area contributed by atoms with E-state index in [0.717, 1.165) is 25.7 Å². The number of methoxy groups -OCH3 is 2. The summed E-state index contributed by atoms with van der Waals surface area (Å²) in [5.41, 5.74) is 2.11. The van der Waals surface area contributed by atoms with E-state index in [-0.39, 0.29) is 35.2 Å². The maximum Gasteiger partial charge on any atom is 0.244 e. The van der Waals surface area contributed by atoms with Crippen molar-refractivity contribution in [1.82, 2.24) is 30.2 Å². The van der Waals surface area contributed by atoms with E-state index >= 15 is 0 Å². The van der Waals surface area contributed by atoms with Crippen LogP contribution in [-0.4, -0.2) is 70.3 Å². The minimum atomic E-state index is -0.576. The quantitative estimate of drug-likeness (QED) is 0.0842. The molecule has 2 aromatic heterocycles. The number of hydrogen-bond donors (Lipinski definition) is 2. The van der Waals surface area contributed by atoms with E-state index in [2.05, 4.69) is 20.8 Å². The Morgan fingerprint density at radius 1 is 0.640 bits per heavy atom. The van der Waals surface area contributed by atoms with Gasteiger partial charge in [-0.3, -0.25) is 28.5 Å². The van der Waals surface area contributed by atoms with Crippen LogP contribution in [0.1, 0.15) is 113 Å². The van der Waals surface area contributed by atoms with Crippen LogP contribution >= 0.6 is 0 Å². The van der Waals surface area contributed by atoms with E-state index in [4.69, 9.17) is 9.47 Å². The van der Waals surface area contributed by atoms with Gasteiger partial charge in [0.15, 0.2) is 11.6 Å². The SMILES string of the molecule is CCC(C(=O)NCCCCCCNC(=O)C(CC)n1nc(C(=O)C(C)C)c2ccc(OC)cc21)n1nc(C(=O)C(C)C)c2ccc(OC)cc21. The predicted molar refractivity (Wildman–Crippen MR) is 194 cm³/mol. The van der Waals surface area contributed by atoms with Crippen LogP contribution < -0.4 is 20.1 Å². The summed E-state index contributed by atoms with van der Waals surface area (Å²) in [7, 11) is 3.16. The number of amides is 2. The molecule has 2 unspecified atom stereocenters. The predicted octanol–water partition coefficient (Wildman–Crippen LogP) is 6.48. The standard InChI is InChI=1S/C38H52N6O6/c1-9-29(43-31-21-25(49-7)15-17-27(31)33(41-43)35(45)23(3)4)37(47)39-19-13-11-12-14-20-40-38(48)30(10-2)44-32-22-26(50-8)16-18-28(32)34(42-44)36(46)24(5)6/h15-18,21-24,29-30H,9-14,19-20H2,1-8H3,(H,39,47)(H,40,48). The molecule has 0 radical (unpaired) electrons. The number of carbonyl (C=O) groups is 4. The Hall–Kier alpha value is -4.74. The van der Waals surface area contributed by atoms with E-state index in [1.54, 1.807) is 35.7 Å². The fourth-order valence-electron chi connectivity index (χ4n) is 6.07. The van der Waals surface area contributed by atoms with Crippen molar-refractivity contribution in [2.24, 2.45) is 11.8 Å². The number of hydrogen-bond acceptors (Lipinski definition) is 8. The molecule has 12 heteroatoms. The fourth-order valence-corrected chi connectivity index (χ4v) is 6.07. The smallest absolute Gasteiger partial charge is 0.244 e. The van der Waals surface area contributed by atoms with Crippen molar-refractivity contribution in [3.8, 4) is 11.5 Å². The molecule has 2 heterocycles. The van der Waals surface area contributed by atoms with Crippen LogP contribution in [0, 0.1) is 11.8 Å². The van der Waals surface area contributed by atoms with E-state index in [0.29, 0.717) is 70.6 Å². The summed E-state index contributed by atoms with van der Waals surface area (Å²) in [5, 5.41) is 16.8. The third-order valence-electron chi connectivity index (χ3n) is 9.02. The van der Waals surface area contributed by atoms with Crippen LogP contribution in [0.3, 0.4) is 0 Å². The van der Waals surface area contributed by atoms with Gasteiger partial charge in [0.2, 0.25) is 11.8 Å². The number of ketones is 2. The molecule has 12 nitrogen and oxygen atoms in total. The van der Waals surface area contributed by atoms with Crippen molar-refractivity contribution >= 4 is 45.2 Å². The Bertz CT molecular complexity index is 1690. The molecule has 0 fully saturated rings. The van der Waals surface area contributed by atoms with Gasteiger partial charge >= 0.3 is 0 Å². The molecule has 0 aliphatic rings. The number of rotatable bonds is 19. The summed E-state index contributed by atoms with van der Waals surface area (Å²) in [6, 6.07) is 9.72. The lowest BCUT2D eigenvalue weighted by atomic mass is 10.0. The van der Waals surface area contributed by atoms with Crippen LogP contribution in [0.25, 0.3) is 21.8 Å². The second-order valence-corrected chi connectivity index (χ2v) is 13.2. The topological polar surface area (TPSA) is 146 Å². The maximum absolute atomic E-state index is 13.3. The Morgan fingerprint density at radius 2 is 1.02 bits per heavy atom. The van der Waals surface area contributed by atoms with Crippen LogP contribution in [0.4, 0.5) is 0 Å². The lowest BCUT2D eigenvalue weighted by Crippen LogP contribution is -2.34. The first-order valence-electron chi connectivity index (χ1n) is 17.7. The molecule has 0 bridgehead atoms. The minimum Gasteiger partial charge on any atom is -0.497 e. The van der Waals surface area contributed by atoms with Gasteiger partial charge in [-0.05, 0) is 49.9 Å².